The Bertz CT molecular complexity index is 546. The molecule has 2 aromatic rings. The molecule has 0 saturated carbocycles. The van der Waals surface area contributed by atoms with Crippen LogP contribution in [0.25, 0.3) is 11.4 Å². The van der Waals surface area contributed by atoms with Crippen LogP contribution in [0.4, 0.5) is 5.69 Å². The molecule has 1 saturated heterocycles. The van der Waals surface area contributed by atoms with E-state index < -0.39 is 0 Å². The van der Waals surface area contributed by atoms with E-state index >= 15 is 0 Å². The minimum Gasteiger partial charge on any atom is -0.384 e. The second-order valence-electron chi connectivity index (χ2n) is 4.90. The van der Waals surface area contributed by atoms with Gasteiger partial charge in [0.1, 0.15) is 5.82 Å². The van der Waals surface area contributed by atoms with Crippen molar-refractivity contribution in [1.29, 1.82) is 0 Å². The van der Waals surface area contributed by atoms with Gasteiger partial charge in [-0.3, -0.25) is 5.10 Å². The van der Waals surface area contributed by atoms with Gasteiger partial charge >= 0.3 is 0 Å². The summed E-state index contributed by atoms with van der Waals surface area (Å²) < 4.78 is 5.39. The minimum atomic E-state index is 0.599. The smallest absolute Gasteiger partial charge is 0.183 e. The van der Waals surface area contributed by atoms with Crippen LogP contribution in [-0.4, -0.2) is 34.9 Å². The molecule has 1 fully saturated rings. The van der Waals surface area contributed by atoms with E-state index in [0.717, 1.165) is 49.1 Å². The van der Waals surface area contributed by atoms with Gasteiger partial charge in [-0.25, -0.2) is 4.98 Å². The molecular formula is C14H18N4O. The summed E-state index contributed by atoms with van der Waals surface area (Å²) in [4.78, 5) is 4.39. The van der Waals surface area contributed by atoms with Crippen LogP contribution in [-0.2, 0) is 4.74 Å². The Morgan fingerprint density at radius 3 is 3.05 bits per heavy atom. The number of aryl methyl sites for hydroxylation is 1. The fourth-order valence-corrected chi connectivity index (χ4v) is 2.29. The number of aromatic nitrogens is 3. The lowest BCUT2D eigenvalue weighted by molar-refractivity contribution is 0.187. The van der Waals surface area contributed by atoms with Gasteiger partial charge in [0, 0.05) is 30.3 Å². The third-order valence-electron chi connectivity index (χ3n) is 3.37. The number of rotatable bonds is 4. The molecule has 1 aliphatic heterocycles. The first-order chi connectivity index (χ1) is 9.33. The normalized spacial score (nSPS) is 18.7. The first-order valence-electron chi connectivity index (χ1n) is 6.63. The summed E-state index contributed by atoms with van der Waals surface area (Å²) in [6.45, 7) is 4.58. The largest absolute Gasteiger partial charge is 0.384 e. The maximum atomic E-state index is 5.39. The molecule has 5 heteroatoms. The van der Waals surface area contributed by atoms with Gasteiger partial charge in [-0.2, -0.15) is 5.10 Å². The maximum absolute atomic E-state index is 5.39. The van der Waals surface area contributed by atoms with Gasteiger partial charge in [-0.15, -0.1) is 0 Å². The Labute approximate surface area is 112 Å². The van der Waals surface area contributed by atoms with Crippen LogP contribution in [0.5, 0.6) is 0 Å². The van der Waals surface area contributed by atoms with E-state index in [9.17, 15) is 0 Å². The topological polar surface area (TPSA) is 62.8 Å². The summed E-state index contributed by atoms with van der Waals surface area (Å²) in [6, 6.07) is 8.13. The first-order valence-corrected chi connectivity index (χ1v) is 6.63. The van der Waals surface area contributed by atoms with E-state index in [4.69, 9.17) is 4.74 Å². The Balaban J connectivity index is 1.77. The van der Waals surface area contributed by atoms with Gasteiger partial charge in [0.2, 0.25) is 0 Å². The van der Waals surface area contributed by atoms with Crippen LogP contribution in [0.3, 0.4) is 0 Å². The highest BCUT2D eigenvalue weighted by atomic mass is 16.5. The fourth-order valence-electron chi connectivity index (χ4n) is 2.29. The summed E-state index contributed by atoms with van der Waals surface area (Å²) in [5, 5.41) is 10.6. The molecule has 5 nitrogen and oxygen atoms in total. The summed E-state index contributed by atoms with van der Waals surface area (Å²) in [5.41, 5.74) is 2.11. The molecule has 1 aliphatic rings. The lowest BCUT2D eigenvalue weighted by atomic mass is 10.1. The number of nitrogens with zero attached hydrogens (tertiary/aromatic N) is 2. The average Bonchev–Trinajstić information content (AvgIpc) is 3.08. The number of hydrogen-bond donors (Lipinski definition) is 2. The number of aromatic amines is 1. The highest BCUT2D eigenvalue weighted by molar-refractivity contribution is 5.73. The lowest BCUT2D eigenvalue weighted by Gasteiger charge is -2.13. The Hall–Kier alpha value is -1.88. The molecule has 19 heavy (non-hydrogen) atoms. The maximum Gasteiger partial charge on any atom is 0.183 e. The van der Waals surface area contributed by atoms with Crippen molar-refractivity contribution in [3.8, 4) is 11.4 Å². The second kappa shape index (κ2) is 5.40. The van der Waals surface area contributed by atoms with E-state index in [-0.39, 0.29) is 0 Å². The van der Waals surface area contributed by atoms with Crippen molar-refractivity contribution >= 4 is 5.69 Å². The fraction of sp³-hybridized carbons (Fsp3) is 0.429. The van der Waals surface area contributed by atoms with Crippen molar-refractivity contribution in [2.45, 2.75) is 13.3 Å². The molecule has 0 amide bonds. The van der Waals surface area contributed by atoms with Gasteiger partial charge < -0.3 is 10.1 Å². The second-order valence-corrected chi connectivity index (χ2v) is 4.90. The minimum absolute atomic E-state index is 0.599. The lowest BCUT2D eigenvalue weighted by Crippen LogP contribution is -2.14. The Morgan fingerprint density at radius 1 is 1.42 bits per heavy atom. The predicted octanol–water partition coefficient (Wildman–Crippen LogP) is 2.23. The zero-order valence-corrected chi connectivity index (χ0v) is 11.0. The Kier molecular flexibility index (Phi) is 3.46. The van der Waals surface area contributed by atoms with Crippen molar-refractivity contribution in [1.82, 2.24) is 15.2 Å². The summed E-state index contributed by atoms with van der Waals surface area (Å²) in [6.07, 6.45) is 1.13. The molecule has 3 rings (SSSR count). The number of H-pyrrole nitrogens is 1. The highest BCUT2D eigenvalue weighted by Gasteiger charge is 2.16. The van der Waals surface area contributed by atoms with Crippen molar-refractivity contribution in [2.24, 2.45) is 5.92 Å². The first kappa shape index (κ1) is 12.2. The monoisotopic (exact) mass is 258 g/mol. The van der Waals surface area contributed by atoms with Crippen LogP contribution in [0, 0.1) is 12.8 Å². The quantitative estimate of drug-likeness (QED) is 0.882. The number of para-hydroxylation sites is 1. The molecule has 1 unspecified atom stereocenters. The van der Waals surface area contributed by atoms with Gasteiger partial charge in [-0.05, 0) is 25.5 Å². The summed E-state index contributed by atoms with van der Waals surface area (Å²) in [5.74, 6) is 2.17. The summed E-state index contributed by atoms with van der Waals surface area (Å²) in [7, 11) is 0. The molecular weight excluding hydrogens is 240 g/mol. The molecule has 100 valence electrons. The number of nitrogens with one attached hydrogen (secondary N) is 2. The standard InChI is InChI=1S/C14H18N4O/c1-10-16-14(18-17-10)12-4-2-3-5-13(12)15-8-11-6-7-19-9-11/h2-5,11,15H,6-9H2,1H3,(H,16,17,18). The van der Waals surface area contributed by atoms with E-state index in [1.807, 2.05) is 25.1 Å². The van der Waals surface area contributed by atoms with E-state index in [1.165, 1.54) is 0 Å². The molecule has 0 radical (unpaired) electrons. The van der Waals surface area contributed by atoms with E-state index in [0.29, 0.717) is 5.92 Å². The highest BCUT2D eigenvalue weighted by Crippen LogP contribution is 2.25. The van der Waals surface area contributed by atoms with Crippen LogP contribution in [0.1, 0.15) is 12.2 Å². The van der Waals surface area contributed by atoms with Gasteiger partial charge in [0.15, 0.2) is 5.82 Å². The number of ether oxygens (including phenoxy) is 1. The summed E-state index contributed by atoms with van der Waals surface area (Å²) >= 11 is 0. The molecule has 2 N–H and O–H groups in total. The van der Waals surface area contributed by atoms with Crippen molar-refractivity contribution < 1.29 is 4.74 Å². The molecule has 1 atom stereocenters. The molecule has 0 spiro atoms. The molecule has 2 heterocycles. The molecule has 0 aliphatic carbocycles. The van der Waals surface area contributed by atoms with Crippen molar-refractivity contribution in [3.05, 3.63) is 30.1 Å². The molecule has 0 bridgehead atoms. The predicted molar refractivity (Wildman–Crippen MR) is 74.0 cm³/mol. The number of anilines is 1. The van der Waals surface area contributed by atoms with Crippen LogP contribution in [0.15, 0.2) is 24.3 Å². The van der Waals surface area contributed by atoms with Gasteiger partial charge in [-0.1, -0.05) is 12.1 Å². The molecule has 1 aromatic heterocycles. The Morgan fingerprint density at radius 2 is 2.32 bits per heavy atom. The third kappa shape index (κ3) is 2.76. The van der Waals surface area contributed by atoms with Crippen molar-refractivity contribution in [3.63, 3.8) is 0 Å². The molecule has 1 aromatic carbocycles. The van der Waals surface area contributed by atoms with Crippen LogP contribution < -0.4 is 5.32 Å². The third-order valence-corrected chi connectivity index (χ3v) is 3.37. The number of benzene rings is 1. The van der Waals surface area contributed by atoms with E-state index in [2.05, 4.69) is 26.6 Å². The van der Waals surface area contributed by atoms with Crippen LogP contribution in [0.2, 0.25) is 0 Å². The average molecular weight is 258 g/mol. The van der Waals surface area contributed by atoms with Gasteiger partial charge in [0.25, 0.3) is 0 Å². The van der Waals surface area contributed by atoms with Crippen molar-refractivity contribution in [2.75, 3.05) is 25.1 Å². The van der Waals surface area contributed by atoms with E-state index in [1.54, 1.807) is 0 Å². The van der Waals surface area contributed by atoms with Crippen LogP contribution >= 0.6 is 0 Å². The number of hydrogen-bond acceptors (Lipinski definition) is 4. The SMILES string of the molecule is Cc1nc(-c2ccccc2NCC2CCOC2)n[nH]1. The van der Waals surface area contributed by atoms with Gasteiger partial charge in [0.05, 0.1) is 6.61 Å². The zero-order chi connectivity index (χ0) is 13.1. The zero-order valence-electron chi connectivity index (χ0n) is 11.0.